The molecule has 8 heteroatoms. The lowest BCUT2D eigenvalue weighted by Gasteiger charge is -2.19. The number of nitrogens with two attached hydrogens (primary N) is 2. The molecule has 5 N–H and O–H groups in total. The fourth-order valence-corrected chi connectivity index (χ4v) is 2.23. The Hall–Kier alpha value is -1.64. The van der Waals surface area contributed by atoms with Gasteiger partial charge in [0.2, 0.25) is 5.91 Å². The fourth-order valence-electron chi connectivity index (χ4n) is 1.36. The zero-order valence-corrected chi connectivity index (χ0v) is 10.8. The highest BCUT2D eigenvalue weighted by atomic mass is 32.2. The predicted molar refractivity (Wildman–Crippen MR) is 68.4 cm³/mol. The number of nitrogens with zero attached hydrogens (tertiary/aromatic N) is 1. The molecule has 0 spiro atoms. The number of anilines is 1. The molecule has 1 aromatic carbocycles. The highest BCUT2D eigenvalue weighted by molar-refractivity contribution is 7.87. The summed E-state index contributed by atoms with van der Waals surface area (Å²) in [7, 11) is -2.44. The first-order chi connectivity index (χ1) is 8.35. The van der Waals surface area contributed by atoms with E-state index >= 15 is 0 Å². The van der Waals surface area contributed by atoms with Crippen molar-refractivity contribution >= 4 is 21.8 Å². The van der Waals surface area contributed by atoms with Crippen molar-refractivity contribution in [3.8, 4) is 0 Å². The van der Waals surface area contributed by atoms with E-state index in [4.69, 9.17) is 11.5 Å². The van der Waals surface area contributed by atoms with Gasteiger partial charge in [0.25, 0.3) is 10.2 Å². The van der Waals surface area contributed by atoms with Crippen LogP contribution in [0.3, 0.4) is 0 Å². The molecule has 0 aromatic heterocycles. The number of hydrogen-bond acceptors (Lipinski definition) is 4. The van der Waals surface area contributed by atoms with Crippen LogP contribution in [-0.4, -0.2) is 32.2 Å². The quantitative estimate of drug-likeness (QED) is 0.577. The van der Waals surface area contributed by atoms with Crippen LogP contribution in [0.2, 0.25) is 0 Å². The molecule has 100 valence electrons. The number of benzene rings is 1. The molecule has 0 bridgehead atoms. The highest BCUT2D eigenvalue weighted by Gasteiger charge is 2.22. The van der Waals surface area contributed by atoms with E-state index in [1.165, 1.54) is 7.05 Å². The number of hydrogen-bond donors (Lipinski definition) is 3. The molecule has 0 fully saturated rings. The summed E-state index contributed by atoms with van der Waals surface area (Å²) in [5, 5.41) is 0. The molecular formula is C10H16N4O3S. The third kappa shape index (κ3) is 3.99. The van der Waals surface area contributed by atoms with Crippen LogP contribution in [0.15, 0.2) is 24.3 Å². The number of carbonyl (C=O) groups is 1. The van der Waals surface area contributed by atoms with Crippen molar-refractivity contribution in [3.05, 3.63) is 29.8 Å². The zero-order valence-electron chi connectivity index (χ0n) is 9.96. The maximum atomic E-state index is 11.7. The molecule has 0 heterocycles. The Bertz CT molecular complexity index is 512. The van der Waals surface area contributed by atoms with Gasteiger partial charge in [0.05, 0.1) is 6.54 Å². The summed E-state index contributed by atoms with van der Waals surface area (Å²) in [6, 6.07) is 6.69. The molecule has 0 saturated heterocycles. The summed E-state index contributed by atoms with van der Waals surface area (Å²) in [5.41, 5.74) is 11.9. The number of carbonyl (C=O) groups excluding carboxylic acids is 1. The van der Waals surface area contributed by atoms with Crippen LogP contribution in [-0.2, 0) is 21.5 Å². The van der Waals surface area contributed by atoms with Crippen LogP contribution in [0.1, 0.15) is 5.56 Å². The Morgan fingerprint density at radius 2 is 1.89 bits per heavy atom. The van der Waals surface area contributed by atoms with Crippen molar-refractivity contribution in [1.29, 1.82) is 0 Å². The minimum atomic E-state index is -3.71. The van der Waals surface area contributed by atoms with E-state index in [-0.39, 0.29) is 13.1 Å². The van der Waals surface area contributed by atoms with Crippen LogP contribution in [0.5, 0.6) is 0 Å². The predicted octanol–water partition coefficient (Wildman–Crippen LogP) is -0.980. The first-order valence-electron chi connectivity index (χ1n) is 5.16. The third-order valence-electron chi connectivity index (χ3n) is 2.27. The number of rotatable bonds is 6. The molecule has 7 nitrogen and oxygen atoms in total. The van der Waals surface area contributed by atoms with E-state index in [2.05, 4.69) is 4.72 Å². The van der Waals surface area contributed by atoms with Gasteiger partial charge < -0.3 is 11.5 Å². The maximum Gasteiger partial charge on any atom is 0.279 e. The molecule has 1 amide bonds. The largest absolute Gasteiger partial charge is 0.399 e. The van der Waals surface area contributed by atoms with Crippen molar-refractivity contribution < 1.29 is 13.2 Å². The van der Waals surface area contributed by atoms with Gasteiger partial charge in [0.15, 0.2) is 0 Å². The smallest absolute Gasteiger partial charge is 0.279 e. The van der Waals surface area contributed by atoms with E-state index in [9.17, 15) is 13.2 Å². The molecule has 0 aliphatic carbocycles. The lowest BCUT2D eigenvalue weighted by atomic mass is 10.2. The fraction of sp³-hybridized carbons (Fsp3) is 0.300. The van der Waals surface area contributed by atoms with Crippen molar-refractivity contribution in [2.24, 2.45) is 5.73 Å². The second-order valence-corrected chi connectivity index (χ2v) is 5.56. The number of primary amides is 1. The molecule has 0 aliphatic rings. The van der Waals surface area contributed by atoms with Gasteiger partial charge in [0.1, 0.15) is 0 Å². The summed E-state index contributed by atoms with van der Waals surface area (Å²) in [4.78, 5) is 10.9. The van der Waals surface area contributed by atoms with Crippen LogP contribution in [0.25, 0.3) is 0 Å². The normalized spacial score (nSPS) is 11.7. The van der Waals surface area contributed by atoms with Crippen molar-refractivity contribution in [1.82, 2.24) is 9.03 Å². The first kappa shape index (κ1) is 14.4. The highest BCUT2D eigenvalue weighted by Crippen LogP contribution is 2.10. The van der Waals surface area contributed by atoms with Gasteiger partial charge >= 0.3 is 0 Å². The van der Waals surface area contributed by atoms with Crippen molar-refractivity contribution in [2.75, 3.05) is 19.3 Å². The van der Waals surface area contributed by atoms with E-state index < -0.39 is 16.1 Å². The second-order valence-electron chi connectivity index (χ2n) is 3.69. The Labute approximate surface area is 106 Å². The van der Waals surface area contributed by atoms with Gasteiger partial charge in [0, 0.05) is 19.3 Å². The summed E-state index contributed by atoms with van der Waals surface area (Å²) in [6.07, 6.45) is 0. The first-order valence-corrected chi connectivity index (χ1v) is 6.60. The van der Waals surface area contributed by atoms with E-state index in [1.807, 2.05) is 0 Å². The Morgan fingerprint density at radius 3 is 2.33 bits per heavy atom. The maximum absolute atomic E-state index is 11.7. The molecule has 0 saturated carbocycles. The van der Waals surface area contributed by atoms with E-state index in [1.54, 1.807) is 24.3 Å². The molecule has 18 heavy (non-hydrogen) atoms. The molecular weight excluding hydrogens is 256 g/mol. The summed E-state index contributed by atoms with van der Waals surface area (Å²) in [6.45, 7) is -0.333. The number of amides is 1. The summed E-state index contributed by atoms with van der Waals surface area (Å²) < 4.78 is 26.5. The average molecular weight is 272 g/mol. The third-order valence-corrected chi connectivity index (χ3v) is 3.72. The lowest BCUT2D eigenvalue weighted by molar-refractivity contribution is -0.118. The van der Waals surface area contributed by atoms with Gasteiger partial charge in [-0.2, -0.15) is 12.7 Å². The zero-order chi connectivity index (χ0) is 13.8. The molecule has 0 atom stereocenters. The van der Waals surface area contributed by atoms with Gasteiger partial charge in [-0.25, -0.2) is 4.72 Å². The molecule has 1 rings (SSSR count). The lowest BCUT2D eigenvalue weighted by Crippen LogP contribution is -2.43. The minimum absolute atomic E-state index is 0.0480. The average Bonchev–Trinajstić information content (AvgIpc) is 2.30. The monoisotopic (exact) mass is 272 g/mol. The second kappa shape index (κ2) is 5.80. The Kier molecular flexibility index (Phi) is 4.65. The van der Waals surface area contributed by atoms with Crippen LogP contribution in [0, 0.1) is 0 Å². The van der Waals surface area contributed by atoms with E-state index in [0.29, 0.717) is 11.3 Å². The topological polar surface area (TPSA) is 119 Å². The minimum Gasteiger partial charge on any atom is -0.399 e. The number of nitrogens with one attached hydrogen (secondary N) is 1. The Balaban J connectivity index is 2.91. The SMILES string of the molecule is CNS(=O)(=O)N(CC(N)=O)Cc1ccc(N)cc1. The van der Waals surface area contributed by atoms with Gasteiger partial charge in [-0.05, 0) is 17.7 Å². The number of nitrogen functional groups attached to an aromatic ring is 1. The standard InChI is InChI=1S/C10H16N4O3S/c1-13-18(16,17)14(7-10(12)15)6-8-2-4-9(11)5-3-8/h2-5,13H,6-7,11H2,1H3,(H2,12,15). The van der Waals surface area contributed by atoms with Crippen molar-refractivity contribution in [3.63, 3.8) is 0 Å². The van der Waals surface area contributed by atoms with Crippen LogP contribution >= 0.6 is 0 Å². The molecule has 1 aromatic rings. The molecule has 0 radical (unpaired) electrons. The summed E-state index contributed by atoms with van der Waals surface area (Å²) in [5.74, 6) is -0.718. The summed E-state index contributed by atoms with van der Waals surface area (Å²) >= 11 is 0. The van der Waals surface area contributed by atoms with E-state index in [0.717, 1.165) is 4.31 Å². The van der Waals surface area contributed by atoms with Gasteiger partial charge in [-0.15, -0.1) is 0 Å². The van der Waals surface area contributed by atoms with Crippen molar-refractivity contribution in [2.45, 2.75) is 6.54 Å². The Morgan fingerprint density at radius 1 is 1.33 bits per heavy atom. The molecule has 0 unspecified atom stereocenters. The van der Waals surface area contributed by atoms with Crippen LogP contribution in [0.4, 0.5) is 5.69 Å². The van der Waals surface area contributed by atoms with Gasteiger partial charge in [-0.1, -0.05) is 12.1 Å². The van der Waals surface area contributed by atoms with Crippen LogP contribution < -0.4 is 16.2 Å². The molecule has 0 aliphatic heterocycles. The van der Waals surface area contributed by atoms with Gasteiger partial charge in [-0.3, -0.25) is 4.79 Å².